The van der Waals surface area contributed by atoms with E-state index in [9.17, 15) is 5.11 Å². The molecule has 0 aliphatic carbocycles. The number of phenolic OH excluding ortho intramolecular Hbond substituents is 1. The zero-order valence-electron chi connectivity index (χ0n) is 12.3. The SMILES string of the molecule is Cc1cc(O)c(C(C)(C)CC(C)(C)C)cc1C. The van der Waals surface area contributed by atoms with Gasteiger partial charge in [0.15, 0.2) is 0 Å². The van der Waals surface area contributed by atoms with E-state index in [2.05, 4.69) is 47.6 Å². The molecule has 0 aliphatic rings. The monoisotopic (exact) mass is 234 g/mol. The summed E-state index contributed by atoms with van der Waals surface area (Å²) in [5, 5.41) is 10.1. The molecule has 1 aromatic rings. The first-order valence-electron chi connectivity index (χ1n) is 6.34. The van der Waals surface area contributed by atoms with Crippen molar-refractivity contribution in [3.8, 4) is 5.75 Å². The van der Waals surface area contributed by atoms with Crippen LogP contribution in [-0.4, -0.2) is 5.11 Å². The maximum absolute atomic E-state index is 10.1. The maximum Gasteiger partial charge on any atom is 0.119 e. The van der Waals surface area contributed by atoms with Crippen LogP contribution in [0.25, 0.3) is 0 Å². The standard InChI is InChI=1S/C16H26O/c1-11-8-13(14(17)9-12(11)2)16(6,7)10-15(3,4)5/h8-9,17H,10H2,1-7H3. The van der Waals surface area contributed by atoms with Crippen LogP contribution in [0.5, 0.6) is 5.75 Å². The molecule has 0 saturated carbocycles. The highest BCUT2D eigenvalue weighted by Gasteiger charge is 2.29. The van der Waals surface area contributed by atoms with Crippen LogP contribution in [0.3, 0.4) is 0 Å². The predicted molar refractivity (Wildman–Crippen MR) is 74.7 cm³/mol. The minimum atomic E-state index is 0.000787. The fraction of sp³-hybridized carbons (Fsp3) is 0.625. The van der Waals surface area contributed by atoms with Crippen molar-refractivity contribution in [3.63, 3.8) is 0 Å². The Morgan fingerprint density at radius 3 is 1.88 bits per heavy atom. The summed E-state index contributed by atoms with van der Waals surface area (Å²) < 4.78 is 0. The zero-order valence-corrected chi connectivity index (χ0v) is 12.3. The van der Waals surface area contributed by atoms with Gasteiger partial charge in [-0.05, 0) is 53.9 Å². The Balaban J connectivity index is 3.19. The van der Waals surface area contributed by atoms with E-state index in [1.165, 1.54) is 5.56 Å². The van der Waals surface area contributed by atoms with Crippen LogP contribution in [0.1, 0.15) is 57.7 Å². The summed E-state index contributed by atoms with van der Waals surface area (Å²) in [5.41, 5.74) is 3.73. The molecule has 0 bridgehead atoms. The Morgan fingerprint density at radius 1 is 0.941 bits per heavy atom. The van der Waals surface area contributed by atoms with Gasteiger partial charge in [-0.2, -0.15) is 0 Å². The molecule has 0 spiro atoms. The van der Waals surface area contributed by atoms with Gasteiger partial charge in [0.25, 0.3) is 0 Å². The smallest absolute Gasteiger partial charge is 0.119 e. The van der Waals surface area contributed by atoms with Crippen molar-refractivity contribution in [2.45, 2.75) is 60.3 Å². The fourth-order valence-electron chi connectivity index (χ4n) is 2.76. The zero-order chi connectivity index (χ0) is 13.4. The summed E-state index contributed by atoms with van der Waals surface area (Å²) in [6.45, 7) is 15.3. The number of phenols is 1. The van der Waals surface area contributed by atoms with Crippen LogP contribution in [0.15, 0.2) is 12.1 Å². The van der Waals surface area contributed by atoms with Crippen LogP contribution in [0.4, 0.5) is 0 Å². The molecule has 1 aromatic carbocycles. The third-order valence-electron chi connectivity index (χ3n) is 3.31. The molecule has 1 N–H and O–H groups in total. The van der Waals surface area contributed by atoms with Crippen molar-refractivity contribution in [1.29, 1.82) is 0 Å². The summed E-state index contributed by atoms with van der Waals surface area (Å²) in [5.74, 6) is 0.433. The maximum atomic E-state index is 10.1. The van der Waals surface area contributed by atoms with Gasteiger partial charge < -0.3 is 5.11 Å². The van der Waals surface area contributed by atoms with E-state index in [4.69, 9.17) is 0 Å². The molecular weight excluding hydrogens is 208 g/mol. The van der Waals surface area contributed by atoms with E-state index in [0.29, 0.717) is 5.75 Å². The van der Waals surface area contributed by atoms with E-state index < -0.39 is 0 Å². The normalized spacial score (nSPS) is 12.9. The molecule has 1 rings (SSSR count). The van der Waals surface area contributed by atoms with E-state index in [-0.39, 0.29) is 10.8 Å². The van der Waals surface area contributed by atoms with Gasteiger partial charge in [0.2, 0.25) is 0 Å². The molecule has 0 radical (unpaired) electrons. The van der Waals surface area contributed by atoms with E-state index in [0.717, 1.165) is 17.5 Å². The largest absolute Gasteiger partial charge is 0.508 e. The second-order valence-electron chi connectivity index (χ2n) is 7.07. The lowest BCUT2D eigenvalue weighted by atomic mass is 9.71. The van der Waals surface area contributed by atoms with Crippen LogP contribution < -0.4 is 0 Å². The highest BCUT2D eigenvalue weighted by molar-refractivity contribution is 5.44. The molecule has 0 aromatic heterocycles. The van der Waals surface area contributed by atoms with E-state index >= 15 is 0 Å². The second-order valence-corrected chi connectivity index (χ2v) is 7.07. The lowest BCUT2D eigenvalue weighted by Crippen LogP contribution is -2.25. The minimum Gasteiger partial charge on any atom is -0.508 e. The Hall–Kier alpha value is -0.980. The Kier molecular flexibility index (Phi) is 3.61. The van der Waals surface area contributed by atoms with Gasteiger partial charge in [0.05, 0.1) is 0 Å². The number of rotatable bonds is 2. The molecule has 0 fully saturated rings. The highest BCUT2D eigenvalue weighted by Crippen LogP contribution is 2.40. The van der Waals surface area contributed by atoms with Crippen LogP contribution in [0.2, 0.25) is 0 Å². The molecule has 0 saturated heterocycles. The van der Waals surface area contributed by atoms with Gasteiger partial charge in [0.1, 0.15) is 5.75 Å². The van der Waals surface area contributed by atoms with Crippen molar-refractivity contribution < 1.29 is 5.11 Å². The molecule has 0 amide bonds. The number of benzene rings is 1. The third kappa shape index (κ3) is 3.49. The molecule has 0 atom stereocenters. The van der Waals surface area contributed by atoms with Gasteiger partial charge in [-0.15, -0.1) is 0 Å². The van der Waals surface area contributed by atoms with Crippen molar-refractivity contribution in [2.75, 3.05) is 0 Å². The van der Waals surface area contributed by atoms with Crippen molar-refractivity contribution >= 4 is 0 Å². The first kappa shape index (κ1) is 14.1. The van der Waals surface area contributed by atoms with Crippen molar-refractivity contribution in [3.05, 3.63) is 28.8 Å². The van der Waals surface area contributed by atoms with Gasteiger partial charge >= 0.3 is 0 Å². The molecule has 17 heavy (non-hydrogen) atoms. The van der Waals surface area contributed by atoms with Crippen molar-refractivity contribution in [2.24, 2.45) is 5.41 Å². The van der Waals surface area contributed by atoms with Crippen LogP contribution >= 0.6 is 0 Å². The minimum absolute atomic E-state index is 0.000787. The molecular formula is C16H26O. The van der Waals surface area contributed by atoms with Gasteiger partial charge in [-0.25, -0.2) is 0 Å². The Labute approximate surface area is 106 Å². The van der Waals surface area contributed by atoms with Crippen molar-refractivity contribution in [1.82, 2.24) is 0 Å². The summed E-state index contributed by atoms with van der Waals surface area (Å²) in [4.78, 5) is 0. The summed E-state index contributed by atoms with van der Waals surface area (Å²) in [6, 6.07) is 4.02. The lowest BCUT2D eigenvalue weighted by molar-refractivity contribution is 0.278. The molecule has 1 heteroatoms. The number of hydrogen-bond donors (Lipinski definition) is 1. The Bertz CT molecular complexity index is 408. The predicted octanol–water partition coefficient (Wildman–Crippen LogP) is 4.72. The number of hydrogen-bond acceptors (Lipinski definition) is 1. The first-order chi connectivity index (χ1) is 7.53. The van der Waals surface area contributed by atoms with Crippen LogP contribution in [-0.2, 0) is 5.41 Å². The summed E-state index contributed by atoms with van der Waals surface area (Å²) in [7, 11) is 0. The van der Waals surface area contributed by atoms with E-state index in [1.54, 1.807) is 0 Å². The third-order valence-corrected chi connectivity index (χ3v) is 3.31. The number of aromatic hydroxyl groups is 1. The molecule has 0 unspecified atom stereocenters. The average Bonchev–Trinajstić information content (AvgIpc) is 2.06. The fourth-order valence-corrected chi connectivity index (χ4v) is 2.76. The molecule has 1 nitrogen and oxygen atoms in total. The van der Waals surface area contributed by atoms with Crippen LogP contribution in [0, 0.1) is 19.3 Å². The van der Waals surface area contributed by atoms with E-state index in [1.807, 2.05) is 13.0 Å². The lowest BCUT2D eigenvalue weighted by Gasteiger charge is -2.33. The topological polar surface area (TPSA) is 20.2 Å². The second kappa shape index (κ2) is 4.36. The first-order valence-corrected chi connectivity index (χ1v) is 6.34. The quantitative estimate of drug-likeness (QED) is 0.784. The molecule has 96 valence electrons. The summed E-state index contributed by atoms with van der Waals surface area (Å²) in [6.07, 6.45) is 1.05. The average molecular weight is 234 g/mol. The van der Waals surface area contributed by atoms with Gasteiger partial charge in [0, 0.05) is 0 Å². The van der Waals surface area contributed by atoms with Gasteiger partial charge in [-0.3, -0.25) is 0 Å². The summed E-state index contributed by atoms with van der Waals surface area (Å²) >= 11 is 0. The number of aryl methyl sites for hydroxylation is 2. The molecule has 0 aliphatic heterocycles. The Morgan fingerprint density at radius 2 is 1.41 bits per heavy atom. The van der Waals surface area contributed by atoms with Gasteiger partial charge in [-0.1, -0.05) is 40.7 Å². The highest BCUT2D eigenvalue weighted by atomic mass is 16.3. The molecule has 0 heterocycles.